The average molecular weight is 303 g/mol. The molecule has 106 valence electrons. The Kier molecular flexibility index (Phi) is 4.36. The number of hydrogen-bond acceptors (Lipinski definition) is 4. The molecule has 0 bridgehead atoms. The van der Waals surface area contributed by atoms with Crippen LogP contribution in [0, 0.1) is 5.41 Å². The first-order valence-corrected chi connectivity index (χ1v) is 7.85. The van der Waals surface area contributed by atoms with E-state index in [1.165, 1.54) is 24.2 Å². The van der Waals surface area contributed by atoms with Crippen molar-refractivity contribution in [3.63, 3.8) is 0 Å². The number of thiazole rings is 1. The number of hydrogen-bond donors (Lipinski definition) is 1. The van der Waals surface area contributed by atoms with Crippen molar-refractivity contribution >= 4 is 34.0 Å². The van der Waals surface area contributed by atoms with Crippen molar-refractivity contribution in [3.05, 3.63) is 10.0 Å². The molecule has 1 aliphatic rings. The summed E-state index contributed by atoms with van der Waals surface area (Å²) >= 11 is 7.03. The molecular weight excluding hydrogens is 284 g/mol. The van der Waals surface area contributed by atoms with Gasteiger partial charge in [0.2, 0.25) is 0 Å². The summed E-state index contributed by atoms with van der Waals surface area (Å²) in [6.07, 6.45) is 4.69. The van der Waals surface area contributed by atoms with Crippen molar-refractivity contribution in [2.75, 3.05) is 18.0 Å². The molecule has 0 unspecified atom stereocenters. The fourth-order valence-electron chi connectivity index (χ4n) is 2.69. The molecule has 19 heavy (non-hydrogen) atoms. The summed E-state index contributed by atoms with van der Waals surface area (Å²) in [5, 5.41) is 9.85. The van der Waals surface area contributed by atoms with Crippen molar-refractivity contribution in [2.45, 2.75) is 39.5 Å². The van der Waals surface area contributed by atoms with Crippen molar-refractivity contribution in [1.82, 2.24) is 4.98 Å². The Bertz CT molecular complexity index is 461. The molecule has 0 amide bonds. The largest absolute Gasteiger partial charge is 0.477 e. The van der Waals surface area contributed by atoms with Crippen molar-refractivity contribution < 1.29 is 9.90 Å². The third-order valence-corrected chi connectivity index (χ3v) is 5.85. The highest BCUT2D eigenvalue weighted by Gasteiger charge is 2.32. The highest BCUT2D eigenvalue weighted by Crippen LogP contribution is 2.40. The molecule has 0 aliphatic carbocycles. The van der Waals surface area contributed by atoms with Gasteiger partial charge in [-0.05, 0) is 18.3 Å². The third kappa shape index (κ3) is 2.87. The van der Waals surface area contributed by atoms with E-state index in [-0.39, 0.29) is 10.0 Å². The maximum atomic E-state index is 11.0. The van der Waals surface area contributed by atoms with Crippen molar-refractivity contribution in [2.24, 2.45) is 5.41 Å². The number of aromatic nitrogens is 1. The highest BCUT2D eigenvalue weighted by atomic mass is 35.5. The van der Waals surface area contributed by atoms with Crippen LogP contribution in [0.15, 0.2) is 0 Å². The molecule has 0 spiro atoms. The minimum absolute atomic E-state index is 0.107. The summed E-state index contributed by atoms with van der Waals surface area (Å²) in [5.74, 6) is -0.998. The van der Waals surface area contributed by atoms with Crippen LogP contribution in [-0.2, 0) is 0 Å². The van der Waals surface area contributed by atoms with Gasteiger partial charge in [-0.25, -0.2) is 9.78 Å². The number of piperidine rings is 1. The monoisotopic (exact) mass is 302 g/mol. The van der Waals surface area contributed by atoms with Gasteiger partial charge in [0.05, 0.1) is 0 Å². The zero-order valence-corrected chi connectivity index (χ0v) is 12.9. The highest BCUT2D eigenvalue weighted by molar-refractivity contribution is 7.18. The number of carboxylic acid groups (broad SMARTS) is 1. The summed E-state index contributed by atoms with van der Waals surface area (Å²) in [4.78, 5) is 17.5. The normalized spacial score (nSPS) is 18.6. The summed E-state index contributed by atoms with van der Waals surface area (Å²) in [6, 6.07) is 0. The second-order valence-corrected chi connectivity index (χ2v) is 6.45. The number of carbonyl (C=O) groups is 1. The summed E-state index contributed by atoms with van der Waals surface area (Å²) in [7, 11) is 0. The first-order chi connectivity index (χ1) is 9.01. The van der Waals surface area contributed by atoms with Crippen molar-refractivity contribution in [1.29, 1.82) is 0 Å². The van der Waals surface area contributed by atoms with Crippen LogP contribution in [0.3, 0.4) is 0 Å². The number of nitrogens with zero attached hydrogens (tertiary/aromatic N) is 2. The average Bonchev–Trinajstić information content (AvgIpc) is 2.81. The molecule has 1 saturated heterocycles. The first-order valence-electron chi connectivity index (χ1n) is 6.66. The van der Waals surface area contributed by atoms with Gasteiger partial charge in [0.1, 0.15) is 0 Å². The molecule has 0 aromatic carbocycles. The molecule has 1 aromatic rings. The molecule has 1 fully saturated rings. The lowest BCUT2D eigenvalue weighted by atomic mass is 9.74. The van der Waals surface area contributed by atoms with E-state index in [2.05, 4.69) is 23.7 Å². The Hall–Kier alpha value is -0.810. The van der Waals surface area contributed by atoms with E-state index >= 15 is 0 Å². The minimum atomic E-state index is -0.998. The van der Waals surface area contributed by atoms with Gasteiger partial charge in [-0.15, -0.1) is 0 Å². The molecule has 2 heterocycles. The topological polar surface area (TPSA) is 53.4 Å². The van der Waals surface area contributed by atoms with Gasteiger partial charge in [-0.1, -0.05) is 49.6 Å². The predicted octanol–water partition coefficient (Wildman–Crippen LogP) is 3.90. The second-order valence-electron chi connectivity index (χ2n) is 5.12. The Balaban J connectivity index is 2.09. The number of rotatable bonds is 4. The van der Waals surface area contributed by atoms with E-state index in [0.717, 1.165) is 31.1 Å². The van der Waals surface area contributed by atoms with Crippen LogP contribution in [-0.4, -0.2) is 29.1 Å². The van der Waals surface area contributed by atoms with Gasteiger partial charge in [0.25, 0.3) is 0 Å². The van der Waals surface area contributed by atoms with E-state index in [1.54, 1.807) is 0 Å². The van der Waals surface area contributed by atoms with E-state index in [4.69, 9.17) is 16.7 Å². The minimum Gasteiger partial charge on any atom is -0.477 e. The summed E-state index contributed by atoms with van der Waals surface area (Å²) in [6.45, 7) is 6.37. The summed E-state index contributed by atoms with van der Waals surface area (Å²) < 4.78 is 0. The van der Waals surface area contributed by atoms with Gasteiger partial charge in [0.15, 0.2) is 15.2 Å². The van der Waals surface area contributed by atoms with Gasteiger partial charge >= 0.3 is 5.97 Å². The molecule has 2 rings (SSSR count). The van der Waals surface area contributed by atoms with Crippen LogP contribution in [0.4, 0.5) is 5.13 Å². The number of aromatic carboxylic acids is 1. The molecule has 4 nitrogen and oxygen atoms in total. The van der Waals surface area contributed by atoms with Crippen LogP contribution < -0.4 is 4.90 Å². The maximum Gasteiger partial charge on any atom is 0.349 e. The SMILES string of the molecule is CCC1(CC)CCN(c2nc(Cl)c(C(=O)O)s2)CC1. The molecule has 6 heteroatoms. The van der Waals surface area contributed by atoms with E-state index < -0.39 is 5.97 Å². The molecule has 0 radical (unpaired) electrons. The molecule has 1 aromatic heterocycles. The van der Waals surface area contributed by atoms with Crippen LogP contribution in [0.2, 0.25) is 5.15 Å². The lowest BCUT2D eigenvalue weighted by Gasteiger charge is -2.40. The number of halogens is 1. The Morgan fingerprint density at radius 1 is 1.42 bits per heavy atom. The molecule has 1 N–H and O–H groups in total. The van der Waals surface area contributed by atoms with Crippen molar-refractivity contribution in [3.8, 4) is 0 Å². The smallest absolute Gasteiger partial charge is 0.349 e. The second kappa shape index (κ2) is 5.67. The fourth-order valence-corrected chi connectivity index (χ4v) is 3.86. The zero-order valence-electron chi connectivity index (χ0n) is 11.3. The fraction of sp³-hybridized carbons (Fsp3) is 0.692. The molecule has 1 aliphatic heterocycles. The number of carboxylic acids is 1. The lowest BCUT2D eigenvalue weighted by Crippen LogP contribution is -2.39. The Morgan fingerprint density at radius 3 is 2.42 bits per heavy atom. The van der Waals surface area contributed by atoms with Crippen LogP contribution in [0.5, 0.6) is 0 Å². The van der Waals surface area contributed by atoms with Crippen LogP contribution in [0.25, 0.3) is 0 Å². The van der Waals surface area contributed by atoms with E-state index in [9.17, 15) is 4.79 Å². The molecule has 0 atom stereocenters. The Morgan fingerprint density at radius 2 is 2.00 bits per heavy atom. The van der Waals surface area contributed by atoms with E-state index in [0.29, 0.717) is 5.41 Å². The lowest BCUT2D eigenvalue weighted by molar-refractivity contribution is 0.0702. The van der Waals surface area contributed by atoms with Gasteiger partial charge in [-0.3, -0.25) is 0 Å². The quantitative estimate of drug-likeness (QED) is 0.916. The van der Waals surface area contributed by atoms with Crippen LogP contribution in [0.1, 0.15) is 49.2 Å². The van der Waals surface area contributed by atoms with Crippen LogP contribution >= 0.6 is 22.9 Å². The maximum absolute atomic E-state index is 11.0. The zero-order chi connectivity index (χ0) is 14.0. The summed E-state index contributed by atoms with van der Waals surface area (Å²) in [5.41, 5.74) is 0.452. The van der Waals surface area contributed by atoms with Gasteiger partial charge in [0, 0.05) is 13.1 Å². The standard InChI is InChI=1S/C13H19ClN2O2S/c1-3-13(4-2)5-7-16(8-6-13)12-15-10(14)9(19-12)11(17)18/h3-8H2,1-2H3,(H,17,18). The van der Waals surface area contributed by atoms with E-state index in [1.807, 2.05) is 0 Å². The first kappa shape index (κ1) is 14.6. The number of anilines is 1. The predicted molar refractivity (Wildman–Crippen MR) is 78.5 cm³/mol. The van der Waals surface area contributed by atoms with Gasteiger partial charge < -0.3 is 10.0 Å². The third-order valence-electron chi connectivity index (χ3n) is 4.36. The molecule has 0 saturated carbocycles. The molecular formula is C13H19ClN2O2S. The van der Waals surface area contributed by atoms with Gasteiger partial charge in [-0.2, -0.15) is 0 Å². The Labute approximate surface area is 122 Å².